The highest BCUT2D eigenvalue weighted by atomic mass is 35.5. The van der Waals surface area contributed by atoms with Crippen LogP contribution in [0.5, 0.6) is 0 Å². The minimum atomic E-state index is 0.686. The van der Waals surface area contributed by atoms with Crippen LogP contribution in [0.3, 0.4) is 0 Å². The Kier molecular flexibility index (Phi) is 9.27. The Hall–Kier alpha value is -1.13. The molecule has 2 aromatic rings. The first-order chi connectivity index (χ1) is 12.2. The lowest BCUT2D eigenvalue weighted by Crippen LogP contribution is -2.01. The number of nitrogens with zero attached hydrogens (tertiary/aromatic N) is 2. The fourth-order valence-electron chi connectivity index (χ4n) is 3.13. The van der Waals surface area contributed by atoms with E-state index >= 15 is 0 Å². The summed E-state index contributed by atoms with van der Waals surface area (Å²) in [6.45, 7) is 3.18. The molecule has 0 atom stereocenters. The Morgan fingerprint density at radius 2 is 1.64 bits per heavy atom. The minimum absolute atomic E-state index is 0.686. The molecular weight excluding hydrogens is 350 g/mol. The number of rotatable bonds is 12. The van der Waals surface area contributed by atoms with E-state index in [2.05, 4.69) is 21.7 Å². The van der Waals surface area contributed by atoms with Crippen LogP contribution in [-0.4, -0.2) is 14.8 Å². The van der Waals surface area contributed by atoms with E-state index in [-0.39, 0.29) is 0 Å². The largest absolute Gasteiger partial charge is 0.300 e. The van der Waals surface area contributed by atoms with Crippen LogP contribution in [0.1, 0.15) is 71.1 Å². The highest BCUT2D eigenvalue weighted by Gasteiger charge is 2.08. The molecule has 2 rings (SSSR count). The molecule has 1 heterocycles. The van der Waals surface area contributed by atoms with Crippen molar-refractivity contribution in [3.05, 3.63) is 34.1 Å². The maximum absolute atomic E-state index is 6.10. The number of aromatic amines is 1. The highest BCUT2D eigenvalue weighted by molar-refractivity contribution is 7.71. The summed E-state index contributed by atoms with van der Waals surface area (Å²) in [4.78, 5) is 0. The second-order valence-electron chi connectivity index (χ2n) is 6.70. The van der Waals surface area contributed by atoms with Gasteiger partial charge in [0, 0.05) is 17.1 Å². The number of aromatic nitrogens is 3. The van der Waals surface area contributed by atoms with E-state index in [0.29, 0.717) is 4.77 Å². The fraction of sp³-hybridized carbons (Fsp3) is 0.600. The molecule has 0 radical (unpaired) electrons. The molecule has 25 heavy (non-hydrogen) atoms. The molecule has 0 aliphatic heterocycles. The van der Waals surface area contributed by atoms with Gasteiger partial charge in [0.15, 0.2) is 10.6 Å². The molecule has 138 valence electrons. The summed E-state index contributed by atoms with van der Waals surface area (Å²) in [6.07, 6.45) is 13.3. The van der Waals surface area contributed by atoms with Gasteiger partial charge in [-0.1, -0.05) is 88.4 Å². The van der Waals surface area contributed by atoms with Crippen molar-refractivity contribution in [2.75, 3.05) is 0 Å². The van der Waals surface area contributed by atoms with Crippen molar-refractivity contribution in [1.82, 2.24) is 14.8 Å². The summed E-state index contributed by atoms with van der Waals surface area (Å²) in [5.74, 6) is 0.878. The summed E-state index contributed by atoms with van der Waals surface area (Å²) < 4.78 is 2.78. The average Bonchev–Trinajstić information content (AvgIpc) is 2.97. The second-order valence-corrected chi connectivity index (χ2v) is 7.52. The topological polar surface area (TPSA) is 33.6 Å². The smallest absolute Gasteiger partial charge is 0.195 e. The average molecular weight is 380 g/mol. The molecule has 0 spiro atoms. The lowest BCUT2D eigenvalue weighted by Gasteiger charge is -2.07. The normalized spacial score (nSPS) is 11.1. The number of H-pyrrole nitrogens is 1. The maximum atomic E-state index is 6.10. The Morgan fingerprint density at radius 3 is 2.28 bits per heavy atom. The third kappa shape index (κ3) is 6.95. The monoisotopic (exact) mass is 379 g/mol. The molecule has 0 saturated carbocycles. The Labute approximate surface area is 161 Å². The first-order valence-electron chi connectivity index (χ1n) is 9.63. The zero-order chi connectivity index (χ0) is 17.9. The molecule has 0 amide bonds. The Bertz CT molecular complexity index is 678. The molecule has 0 aliphatic carbocycles. The molecule has 1 N–H and O–H groups in total. The van der Waals surface area contributed by atoms with Gasteiger partial charge in [0.1, 0.15) is 0 Å². The molecule has 5 heteroatoms. The van der Waals surface area contributed by atoms with E-state index in [1.807, 2.05) is 24.3 Å². The van der Waals surface area contributed by atoms with Gasteiger partial charge in [-0.3, -0.25) is 5.10 Å². The number of halogens is 1. The van der Waals surface area contributed by atoms with Crippen LogP contribution in [0.2, 0.25) is 5.02 Å². The summed E-state index contributed by atoms with van der Waals surface area (Å²) in [7, 11) is 0. The Balaban J connectivity index is 1.71. The minimum Gasteiger partial charge on any atom is -0.300 e. The quantitative estimate of drug-likeness (QED) is 0.313. The molecule has 1 aromatic heterocycles. The number of hydrogen-bond acceptors (Lipinski definition) is 2. The fourth-order valence-corrected chi connectivity index (χ4v) is 3.54. The van der Waals surface area contributed by atoms with Crippen molar-refractivity contribution in [3.8, 4) is 11.4 Å². The molecule has 0 bridgehead atoms. The van der Waals surface area contributed by atoms with Crippen LogP contribution < -0.4 is 0 Å². The van der Waals surface area contributed by atoms with Gasteiger partial charge in [-0.15, -0.1) is 0 Å². The first-order valence-corrected chi connectivity index (χ1v) is 10.4. The van der Waals surface area contributed by atoms with Crippen LogP contribution in [-0.2, 0) is 6.54 Å². The van der Waals surface area contributed by atoms with Gasteiger partial charge < -0.3 is 4.57 Å². The lowest BCUT2D eigenvalue weighted by atomic mass is 10.1. The van der Waals surface area contributed by atoms with Crippen molar-refractivity contribution in [2.24, 2.45) is 0 Å². The third-order valence-electron chi connectivity index (χ3n) is 4.58. The maximum Gasteiger partial charge on any atom is 0.195 e. The van der Waals surface area contributed by atoms with Gasteiger partial charge in [0.25, 0.3) is 0 Å². The van der Waals surface area contributed by atoms with Crippen LogP contribution in [0.4, 0.5) is 0 Å². The van der Waals surface area contributed by atoms with E-state index < -0.39 is 0 Å². The van der Waals surface area contributed by atoms with E-state index in [1.165, 1.54) is 57.8 Å². The van der Waals surface area contributed by atoms with Gasteiger partial charge in [-0.25, -0.2) is 0 Å². The zero-order valence-electron chi connectivity index (χ0n) is 15.3. The summed E-state index contributed by atoms with van der Waals surface area (Å²) >= 11 is 11.5. The Morgan fingerprint density at radius 1 is 1.00 bits per heavy atom. The van der Waals surface area contributed by atoms with Crippen LogP contribution in [0.25, 0.3) is 11.4 Å². The third-order valence-corrected chi connectivity index (χ3v) is 5.12. The molecule has 0 unspecified atom stereocenters. The number of unbranched alkanes of at least 4 members (excludes halogenated alkanes) is 9. The first kappa shape index (κ1) is 20.2. The standard InChI is InChI=1S/C20H30ClN3S/c1-2-3-4-5-6-7-8-9-10-11-15-24-19(22-23-20(24)25)17-13-12-14-18(21)16-17/h12-14,16H,2-11,15H2,1H3,(H,23,25). The zero-order valence-corrected chi connectivity index (χ0v) is 16.8. The lowest BCUT2D eigenvalue weighted by molar-refractivity contribution is 0.534. The van der Waals surface area contributed by atoms with Gasteiger partial charge in [-0.2, -0.15) is 5.10 Å². The SMILES string of the molecule is CCCCCCCCCCCCn1c(-c2cccc(Cl)c2)n[nH]c1=S. The van der Waals surface area contributed by atoms with Gasteiger partial charge in [0.05, 0.1) is 0 Å². The molecule has 0 fully saturated rings. The predicted molar refractivity (Wildman–Crippen MR) is 110 cm³/mol. The molecule has 3 nitrogen and oxygen atoms in total. The van der Waals surface area contributed by atoms with Gasteiger partial charge in [-0.05, 0) is 30.8 Å². The van der Waals surface area contributed by atoms with E-state index in [9.17, 15) is 0 Å². The summed E-state index contributed by atoms with van der Waals surface area (Å²) in [5, 5.41) is 8.01. The predicted octanol–water partition coefficient (Wildman–Crippen LogP) is 7.18. The van der Waals surface area contributed by atoms with Crippen molar-refractivity contribution >= 4 is 23.8 Å². The van der Waals surface area contributed by atoms with Crippen molar-refractivity contribution in [3.63, 3.8) is 0 Å². The number of hydrogen-bond donors (Lipinski definition) is 1. The second kappa shape index (κ2) is 11.5. The summed E-state index contributed by atoms with van der Waals surface area (Å²) in [5.41, 5.74) is 1.01. The summed E-state index contributed by atoms with van der Waals surface area (Å²) in [6, 6.07) is 7.77. The van der Waals surface area contributed by atoms with E-state index in [0.717, 1.165) is 29.4 Å². The van der Waals surface area contributed by atoms with Crippen molar-refractivity contribution < 1.29 is 0 Å². The number of nitrogens with one attached hydrogen (secondary N) is 1. The molecule has 0 saturated heterocycles. The molecular formula is C20H30ClN3S. The van der Waals surface area contributed by atoms with E-state index in [1.54, 1.807) is 0 Å². The van der Waals surface area contributed by atoms with E-state index in [4.69, 9.17) is 23.8 Å². The molecule has 0 aliphatic rings. The van der Waals surface area contributed by atoms with Crippen molar-refractivity contribution in [2.45, 2.75) is 77.7 Å². The molecule has 1 aromatic carbocycles. The van der Waals surface area contributed by atoms with Crippen LogP contribution >= 0.6 is 23.8 Å². The highest BCUT2D eigenvalue weighted by Crippen LogP contribution is 2.21. The van der Waals surface area contributed by atoms with Crippen LogP contribution in [0, 0.1) is 4.77 Å². The van der Waals surface area contributed by atoms with Gasteiger partial charge in [0.2, 0.25) is 0 Å². The van der Waals surface area contributed by atoms with Crippen molar-refractivity contribution in [1.29, 1.82) is 0 Å². The van der Waals surface area contributed by atoms with Gasteiger partial charge >= 0.3 is 0 Å². The number of benzene rings is 1. The van der Waals surface area contributed by atoms with Crippen LogP contribution in [0.15, 0.2) is 24.3 Å².